The highest BCUT2D eigenvalue weighted by Gasteiger charge is 2.17. The molecule has 1 unspecified atom stereocenters. The maximum atomic E-state index is 5.21. The summed E-state index contributed by atoms with van der Waals surface area (Å²) in [5.74, 6) is 1.77. The van der Waals surface area contributed by atoms with Crippen LogP contribution in [0.4, 0.5) is 5.95 Å². The molecular weight excluding hydrogens is 240 g/mol. The molecule has 0 amide bonds. The quantitative estimate of drug-likeness (QED) is 0.866. The molecule has 1 atom stereocenters. The second kappa shape index (κ2) is 5.91. The number of imidazole rings is 1. The van der Waals surface area contributed by atoms with E-state index in [1.807, 2.05) is 26.2 Å². The highest BCUT2D eigenvalue weighted by molar-refractivity contribution is 5.35. The van der Waals surface area contributed by atoms with Crippen molar-refractivity contribution < 1.29 is 4.52 Å². The van der Waals surface area contributed by atoms with E-state index < -0.39 is 0 Å². The fourth-order valence-electron chi connectivity index (χ4n) is 2.33. The highest BCUT2D eigenvalue weighted by atomic mass is 16.5. The van der Waals surface area contributed by atoms with Crippen molar-refractivity contribution in [2.45, 2.75) is 53.1 Å². The summed E-state index contributed by atoms with van der Waals surface area (Å²) in [6.45, 7) is 9.19. The van der Waals surface area contributed by atoms with Crippen LogP contribution in [0.5, 0.6) is 0 Å². The minimum atomic E-state index is 0.133. The molecular formula is C14H22N4O. The van der Waals surface area contributed by atoms with Gasteiger partial charge in [0.1, 0.15) is 5.76 Å². The van der Waals surface area contributed by atoms with Gasteiger partial charge in [-0.15, -0.1) is 0 Å². The van der Waals surface area contributed by atoms with Gasteiger partial charge in [0.05, 0.1) is 11.7 Å². The van der Waals surface area contributed by atoms with Gasteiger partial charge >= 0.3 is 0 Å². The van der Waals surface area contributed by atoms with Gasteiger partial charge in [0.2, 0.25) is 5.95 Å². The van der Waals surface area contributed by atoms with Crippen LogP contribution in [0.1, 0.15) is 49.7 Å². The van der Waals surface area contributed by atoms with Crippen molar-refractivity contribution in [3.05, 3.63) is 29.4 Å². The molecule has 0 bridgehead atoms. The SMILES string of the molecule is CCCCn1ccnc1NC(C)c1c(C)noc1C. The number of aryl methyl sites for hydroxylation is 3. The zero-order valence-electron chi connectivity index (χ0n) is 12.1. The lowest BCUT2D eigenvalue weighted by Gasteiger charge is -2.15. The zero-order valence-corrected chi connectivity index (χ0v) is 12.1. The predicted molar refractivity (Wildman–Crippen MR) is 75.1 cm³/mol. The molecule has 0 aliphatic carbocycles. The summed E-state index contributed by atoms with van der Waals surface area (Å²) < 4.78 is 7.36. The van der Waals surface area contributed by atoms with Gasteiger partial charge in [0.25, 0.3) is 0 Å². The summed E-state index contributed by atoms with van der Waals surface area (Å²) >= 11 is 0. The lowest BCUT2D eigenvalue weighted by Crippen LogP contribution is -2.13. The molecule has 104 valence electrons. The number of unbranched alkanes of at least 4 members (excludes halogenated alkanes) is 1. The average Bonchev–Trinajstić information content (AvgIpc) is 2.94. The summed E-state index contributed by atoms with van der Waals surface area (Å²) in [6, 6.07) is 0.133. The molecule has 2 aromatic rings. The third-order valence-corrected chi connectivity index (χ3v) is 3.34. The fraction of sp³-hybridized carbons (Fsp3) is 0.571. The first-order valence-corrected chi connectivity index (χ1v) is 6.84. The second-order valence-corrected chi connectivity index (χ2v) is 4.90. The maximum absolute atomic E-state index is 5.21. The largest absolute Gasteiger partial charge is 0.361 e. The smallest absolute Gasteiger partial charge is 0.203 e. The van der Waals surface area contributed by atoms with Crippen LogP contribution >= 0.6 is 0 Å². The van der Waals surface area contributed by atoms with Crippen molar-refractivity contribution in [2.75, 3.05) is 5.32 Å². The summed E-state index contributed by atoms with van der Waals surface area (Å²) in [6.07, 6.45) is 6.18. The van der Waals surface area contributed by atoms with Crippen LogP contribution < -0.4 is 5.32 Å². The Morgan fingerprint density at radius 2 is 2.21 bits per heavy atom. The van der Waals surface area contributed by atoms with Gasteiger partial charge in [0.15, 0.2) is 0 Å². The average molecular weight is 262 g/mol. The molecule has 2 rings (SSSR count). The number of aromatic nitrogens is 3. The van der Waals surface area contributed by atoms with E-state index >= 15 is 0 Å². The van der Waals surface area contributed by atoms with Crippen LogP contribution in [0, 0.1) is 13.8 Å². The number of anilines is 1. The predicted octanol–water partition coefficient (Wildman–Crippen LogP) is 3.46. The van der Waals surface area contributed by atoms with Gasteiger partial charge in [-0.2, -0.15) is 0 Å². The van der Waals surface area contributed by atoms with E-state index in [9.17, 15) is 0 Å². The minimum Gasteiger partial charge on any atom is -0.361 e. The summed E-state index contributed by atoms with van der Waals surface area (Å²) in [4.78, 5) is 4.38. The number of hydrogen-bond acceptors (Lipinski definition) is 4. The van der Waals surface area contributed by atoms with Crippen molar-refractivity contribution in [2.24, 2.45) is 0 Å². The maximum Gasteiger partial charge on any atom is 0.203 e. The number of nitrogens with zero attached hydrogens (tertiary/aromatic N) is 3. The van der Waals surface area contributed by atoms with Crippen molar-refractivity contribution in [1.29, 1.82) is 0 Å². The van der Waals surface area contributed by atoms with Crippen LogP contribution in [0.25, 0.3) is 0 Å². The molecule has 5 heteroatoms. The van der Waals surface area contributed by atoms with E-state index in [-0.39, 0.29) is 6.04 Å². The van der Waals surface area contributed by atoms with Crippen molar-refractivity contribution in [1.82, 2.24) is 14.7 Å². The standard InChI is InChI=1S/C14H22N4O/c1-5-6-8-18-9-7-15-14(18)16-10(2)13-11(3)17-19-12(13)4/h7,9-10H,5-6,8H2,1-4H3,(H,15,16). The Kier molecular flexibility index (Phi) is 4.24. The molecule has 0 aliphatic rings. The molecule has 0 saturated carbocycles. The Hall–Kier alpha value is -1.78. The molecule has 0 aromatic carbocycles. The second-order valence-electron chi connectivity index (χ2n) is 4.90. The molecule has 19 heavy (non-hydrogen) atoms. The van der Waals surface area contributed by atoms with Crippen molar-refractivity contribution in [3.8, 4) is 0 Å². The number of hydrogen-bond donors (Lipinski definition) is 1. The third kappa shape index (κ3) is 2.97. The lowest BCUT2D eigenvalue weighted by molar-refractivity contribution is 0.392. The van der Waals surface area contributed by atoms with Crippen molar-refractivity contribution >= 4 is 5.95 Å². The zero-order chi connectivity index (χ0) is 13.8. The minimum absolute atomic E-state index is 0.133. The van der Waals surface area contributed by atoms with Crippen LogP contribution in [-0.4, -0.2) is 14.7 Å². The van der Waals surface area contributed by atoms with E-state index in [0.717, 1.165) is 35.9 Å². The molecule has 2 heterocycles. The van der Waals surface area contributed by atoms with Gasteiger partial charge in [-0.25, -0.2) is 4.98 Å². The van der Waals surface area contributed by atoms with Crippen LogP contribution in [-0.2, 0) is 6.54 Å². The molecule has 0 radical (unpaired) electrons. The van der Waals surface area contributed by atoms with Gasteiger partial charge in [-0.3, -0.25) is 0 Å². The molecule has 0 spiro atoms. The summed E-state index contributed by atoms with van der Waals surface area (Å²) in [5, 5.41) is 7.43. The Morgan fingerprint density at radius 3 is 2.84 bits per heavy atom. The molecule has 5 nitrogen and oxygen atoms in total. The number of rotatable bonds is 6. The molecule has 1 N–H and O–H groups in total. The highest BCUT2D eigenvalue weighted by Crippen LogP contribution is 2.24. The van der Waals surface area contributed by atoms with E-state index in [2.05, 4.69) is 33.9 Å². The van der Waals surface area contributed by atoms with Crippen molar-refractivity contribution in [3.63, 3.8) is 0 Å². The lowest BCUT2D eigenvalue weighted by atomic mass is 10.1. The third-order valence-electron chi connectivity index (χ3n) is 3.34. The first-order chi connectivity index (χ1) is 9.13. The molecule has 0 fully saturated rings. The molecule has 2 aromatic heterocycles. The van der Waals surface area contributed by atoms with Gasteiger partial charge < -0.3 is 14.4 Å². The summed E-state index contributed by atoms with van der Waals surface area (Å²) in [7, 11) is 0. The summed E-state index contributed by atoms with van der Waals surface area (Å²) in [5.41, 5.74) is 2.05. The van der Waals surface area contributed by atoms with E-state index in [4.69, 9.17) is 4.52 Å². The van der Waals surface area contributed by atoms with E-state index in [0.29, 0.717) is 0 Å². The Bertz CT molecular complexity index is 510. The monoisotopic (exact) mass is 262 g/mol. The van der Waals surface area contributed by atoms with Crippen LogP contribution in [0.15, 0.2) is 16.9 Å². The van der Waals surface area contributed by atoms with E-state index in [1.165, 1.54) is 6.42 Å². The van der Waals surface area contributed by atoms with Crippen LogP contribution in [0.2, 0.25) is 0 Å². The Balaban J connectivity index is 2.11. The first-order valence-electron chi connectivity index (χ1n) is 6.84. The first kappa shape index (κ1) is 13.6. The molecule has 0 aliphatic heterocycles. The topological polar surface area (TPSA) is 55.9 Å². The van der Waals surface area contributed by atoms with E-state index in [1.54, 1.807) is 0 Å². The Morgan fingerprint density at radius 1 is 1.42 bits per heavy atom. The Labute approximate surface area is 114 Å². The fourth-order valence-corrected chi connectivity index (χ4v) is 2.33. The van der Waals surface area contributed by atoms with Gasteiger partial charge in [-0.05, 0) is 27.2 Å². The molecule has 0 saturated heterocycles. The normalized spacial score (nSPS) is 12.6. The number of nitrogens with one attached hydrogen (secondary N) is 1. The van der Waals surface area contributed by atoms with Crippen LogP contribution in [0.3, 0.4) is 0 Å². The van der Waals surface area contributed by atoms with Gasteiger partial charge in [-0.1, -0.05) is 18.5 Å². The van der Waals surface area contributed by atoms with Gasteiger partial charge in [0, 0.05) is 24.5 Å².